The van der Waals surface area contributed by atoms with Crippen LogP contribution in [0.4, 0.5) is 17.1 Å². The third-order valence-electron chi connectivity index (χ3n) is 4.42. The zero-order chi connectivity index (χ0) is 18.7. The van der Waals surface area contributed by atoms with Gasteiger partial charge < -0.3 is 15.1 Å². The highest BCUT2D eigenvalue weighted by Crippen LogP contribution is 2.22. The van der Waals surface area contributed by atoms with E-state index in [-0.39, 0.29) is 10.6 Å². The normalized spacial score (nSPS) is 14.2. The maximum Gasteiger partial charge on any atom is 0.269 e. The molecule has 0 radical (unpaired) electrons. The number of rotatable bonds is 3. The average Bonchev–Trinajstić information content (AvgIpc) is 2.65. The molecule has 1 aliphatic rings. The van der Waals surface area contributed by atoms with Gasteiger partial charge in [0.1, 0.15) is 0 Å². The van der Waals surface area contributed by atoms with Crippen molar-refractivity contribution in [2.24, 2.45) is 0 Å². The summed E-state index contributed by atoms with van der Waals surface area (Å²) in [6, 6.07) is 12.4. The third-order valence-corrected chi connectivity index (χ3v) is 5.18. The molecule has 1 saturated heterocycles. The summed E-state index contributed by atoms with van der Waals surface area (Å²) in [5.74, 6) is 0. The van der Waals surface area contributed by atoms with E-state index < -0.39 is 0 Å². The Morgan fingerprint density at radius 1 is 1.15 bits per heavy atom. The predicted molar refractivity (Wildman–Crippen MR) is 109 cm³/mol. The standard InChI is InChI=1S/C18H19ClN4O2S/c1-13-2-3-14(12-17(13)19)20-18(26)22-10-8-21(9-11-22)15-4-6-16(7-5-15)23(24)25/h2-7,12H,8-11H2,1H3,(H,20,26). The van der Waals surface area contributed by atoms with Crippen molar-refractivity contribution >= 4 is 46.0 Å². The number of anilines is 2. The summed E-state index contributed by atoms with van der Waals surface area (Å²) in [5, 5.41) is 15.4. The van der Waals surface area contributed by atoms with Gasteiger partial charge in [-0.2, -0.15) is 0 Å². The van der Waals surface area contributed by atoms with E-state index in [2.05, 4.69) is 15.1 Å². The largest absolute Gasteiger partial charge is 0.368 e. The summed E-state index contributed by atoms with van der Waals surface area (Å²) in [6.45, 7) is 5.12. The molecule has 2 aromatic carbocycles. The predicted octanol–water partition coefficient (Wildman–Crippen LogP) is 4.08. The summed E-state index contributed by atoms with van der Waals surface area (Å²) in [4.78, 5) is 14.7. The van der Waals surface area contributed by atoms with Crippen LogP contribution in [0.1, 0.15) is 5.56 Å². The van der Waals surface area contributed by atoms with Crippen LogP contribution < -0.4 is 10.2 Å². The first-order valence-corrected chi connectivity index (χ1v) is 9.04. The molecule has 6 nitrogen and oxygen atoms in total. The van der Waals surface area contributed by atoms with E-state index in [4.69, 9.17) is 23.8 Å². The van der Waals surface area contributed by atoms with E-state index in [1.54, 1.807) is 12.1 Å². The van der Waals surface area contributed by atoms with Crippen molar-refractivity contribution in [3.05, 3.63) is 63.2 Å². The number of hydrogen-bond donors (Lipinski definition) is 1. The quantitative estimate of drug-likeness (QED) is 0.484. The first-order chi connectivity index (χ1) is 12.4. The van der Waals surface area contributed by atoms with Crippen LogP contribution in [0, 0.1) is 17.0 Å². The van der Waals surface area contributed by atoms with Gasteiger partial charge in [0.25, 0.3) is 5.69 Å². The molecule has 3 rings (SSSR count). The molecule has 0 aromatic heterocycles. The van der Waals surface area contributed by atoms with E-state index in [1.807, 2.05) is 25.1 Å². The molecular weight excluding hydrogens is 372 g/mol. The number of aryl methyl sites for hydroxylation is 1. The minimum atomic E-state index is -0.386. The van der Waals surface area contributed by atoms with Crippen LogP contribution in [0.5, 0.6) is 0 Å². The Balaban J connectivity index is 1.56. The summed E-state index contributed by atoms with van der Waals surface area (Å²) >= 11 is 11.7. The molecule has 26 heavy (non-hydrogen) atoms. The monoisotopic (exact) mass is 390 g/mol. The van der Waals surface area contributed by atoms with Gasteiger partial charge in [0.15, 0.2) is 5.11 Å². The van der Waals surface area contributed by atoms with E-state index in [1.165, 1.54) is 12.1 Å². The number of halogens is 1. The molecule has 0 spiro atoms. The Hall–Kier alpha value is -2.38. The van der Waals surface area contributed by atoms with Crippen molar-refractivity contribution in [3.63, 3.8) is 0 Å². The Morgan fingerprint density at radius 3 is 2.38 bits per heavy atom. The molecule has 0 aliphatic carbocycles. The number of nitrogens with zero attached hydrogens (tertiary/aromatic N) is 3. The van der Waals surface area contributed by atoms with Crippen LogP contribution in [0.15, 0.2) is 42.5 Å². The van der Waals surface area contributed by atoms with Crippen molar-refractivity contribution in [3.8, 4) is 0 Å². The van der Waals surface area contributed by atoms with E-state index in [0.717, 1.165) is 43.1 Å². The molecule has 136 valence electrons. The third kappa shape index (κ3) is 4.23. The zero-order valence-corrected chi connectivity index (χ0v) is 15.9. The Bertz CT molecular complexity index is 820. The van der Waals surface area contributed by atoms with Crippen LogP contribution in [-0.2, 0) is 0 Å². The van der Waals surface area contributed by atoms with Gasteiger partial charge in [-0.1, -0.05) is 17.7 Å². The van der Waals surface area contributed by atoms with Gasteiger partial charge >= 0.3 is 0 Å². The molecule has 0 atom stereocenters. The van der Waals surface area contributed by atoms with Crippen molar-refractivity contribution < 1.29 is 4.92 Å². The SMILES string of the molecule is Cc1ccc(NC(=S)N2CCN(c3ccc([N+](=O)[O-])cc3)CC2)cc1Cl. The van der Waals surface area contributed by atoms with Crippen molar-refractivity contribution in [1.29, 1.82) is 0 Å². The minimum absolute atomic E-state index is 0.106. The summed E-state index contributed by atoms with van der Waals surface area (Å²) in [6.07, 6.45) is 0. The molecule has 0 amide bonds. The molecule has 0 bridgehead atoms. The molecule has 0 unspecified atom stereocenters. The summed E-state index contributed by atoms with van der Waals surface area (Å²) in [5.41, 5.74) is 3.00. The van der Waals surface area contributed by atoms with Crippen LogP contribution in [-0.4, -0.2) is 41.1 Å². The van der Waals surface area contributed by atoms with Crippen LogP contribution in [0.3, 0.4) is 0 Å². The lowest BCUT2D eigenvalue weighted by molar-refractivity contribution is -0.384. The van der Waals surface area contributed by atoms with Crippen LogP contribution in [0.25, 0.3) is 0 Å². The number of nitro groups is 1. The van der Waals surface area contributed by atoms with Gasteiger partial charge in [0.2, 0.25) is 0 Å². The summed E-state index contributed by atoms with van der Waals surface area (Å²) < 4.78 is 0. The fourth-order valence-electron chi connectivity index (χ4n) is 2.83. The number of non-ortho nitro benzene ring substituents is 1. The topological polar surface area (TPSA) is 61.6 Å². The number of benzene rings is 2. The molecule has 1 heterocycles. The van der Waals surface area contributed by atoms with Gasteiger partial charge in [-0.05, 0) is 49.0 Å². The Kier molecular flexibility index (Phi) is 5.58. The molecule has 1 N–H and O–H groups in total. The molecule has 8 heteroatoms. The number of nitrogens with one attached hydrogen (secondary N) is 1. The lowest BCUT2D eigenvalue weighted by Gasteiger charge is -2.37. The molecule has 0 saturated carbocycles. The molecular formula is C18H19ClN4O2S. The molecule has 1 aliphatic heterocycles. The lowest BCUT2D eigenvalue weighted by Crippen LogP contribution is -2.50. The minimum Gasteiger partial charge on any atom is -0.368 e. The van der Waals surface area contributed by atoms with Crippen molar-refractivity contribution in [2.45, 2.75) is 6.92 Å². The van der Waals surface area contributed by atoms with Crippen LogP contribution >= 0.6 is 23.8 Å². The Labute approximate surface area is 162 Å². The smallest absolute Gasteiger partial charge is 0.269 e. The van der Waals surface area contributed by atoms with Gasteiger partial charge in [0.05, 0.1) is 4.92 Å². The Morgan fingerprint density at radius 2 is 1.81 bits per heavy atom. The average molecular weight is 391 g/mol. The highest BCUT2D eigenvalue weighted by atomic mass is 35.5. The first kappa shape index (κ1) is 18.4. The van der Waals surface area contributed by atoms with Crippen molar-refractivity contribution in [1.82, 2.24) is 4.90 Å². The zero-order valence-electron chi connectivity index (χ0n) is 14.3. The van der Waals surface area contributed by atoms with Crippen molar-refractivity contribution in [2.75, 3.05) is 36.4 Å². The second-order valence-electron chi connectivity index (χ2n) is 6.14. The lowest BCUT2D eigenvalue weighted by atomic mass is 10.2. The van der Waals surface area contributed by atoms with Gasteiger partial charge in [-0.25, -0.2) is 0 Å². The van der Waals surface area contributed by atoms with Gasteiger partial charge in [-0.15, -0.1) is 0 Å². The highest BCUT2D eigenvalue weighted by molar-refractivity contribution is 7.80. The maximum atomic E-state index is 10.8. The molecule has 2 aromatic rings. The number of thiocarbonyl (C=S) groups is 1. The fourth-order valence-corrected chi connectivity index (χ4v) is 3.31. The first-order valence-electron chi connectivity index (χ1n) is 8.25. The van der Waals surface area contributed by atoms with E-state index >= 15 is 0 Å². The molecule has 1 fully saturated rings. The second-order valence-corrected chi connectivity index (χ2v) is 6.94. The second kappa shape index (κ2) is 7.88. The van der Waals surface area contributed by atoms with Gasteiger partial charge in [0, 0.05) is 54.7 Å². The van der Waals surface area contributed by atoms with E-state index in [9.17, 15) is 10.1 Å². The van der Waals surface area contributed by atoms with E-state index in [0.29, 0.717) is 10.1 Å². The maximum absolute atomic E-state index is 10.8. The number of nitro benzene ring substituents is 1. The van der Waals surface area contributed by atoms with Crippen LogP contribution in [0.2, 0.25) is 5.02 Å². The highest BCUT2D eigenvalue weighted by Gasteiger charge is 2.20. The fraction of sp³-hybridized carbons (Fsp3) is 0.278. The summed E-state index contributed by atoms with van der Waals surface area (Å²) in [7, 11) is 0. The number of hydrogen-bond acceptors (Lipinski definition) is 4. The number of piperazine rings is 1. The van der Waals surface area contributed by atoms with Gasteiger partial charge in [-0.3, -0.25) is 10.1 Å².